The predicted molar refractivity (Wildman–Crippen MR) is 250 cm³/mol. The molecule has 0 rings (SSSR count). The quantitative estimate of drug-likeness (QED) is 0.0198. The zero-order chi connectivity index (χ0) is 44.2. The van der Waals surface area contributed by atoms with Gasteiger partial charge in [0.1, 0.15) is 12.6 Å². The number of rotatable bonds is 44. The third-order valence-electron chi connectivity index (χ3n) is 11.0. The van der Waals surface area contributed by atoms with Crippen LogP contribution in [0.25, 0.3) is 0 Å². The molecule has 0 aromatic rings. The van der Waals surface area contributed by atoms with Gasteiger partial charge in [0, 0.05) is 19.3 Å². The van der Waals surface area contributed by atoms with Crippen LogP contribution in [0.15, 0.2) is 48.6 Å². The molecule has 0 bridgehead atoms. The van der Waals surface area contributed by atoms with Crippen molar-refractivity contribution in [2.24, 2.45) is 0 Å². The van der Waals surface area contributed by atoms with Crippen LogP contribution in [0.4, 0.5) is 0 Å². The fourth-order valence-corrected chi connectivity index (χ4v) is 7.09. The fourth-order valence-electron chi connectivity index (χ4n) is 7.09. The van der Waals surface area contributed by atoms with E-state index in [2.05, 4.69) is 62.5 Å². The number of carbonyl (C=O) groups is 3. The summed E-state index contributed by atoms with van der Waals surface area (Å²) in [6, 6.07) is -0.728. The first-order chi connectivity index (χ1) is 29.1. The van der Waals surface area contributed by atoms with Crippen molar-refractivity contribution in [3.63, 3.8) is 0 Å². The first-order valence-electron chi connectivity index (χ1n) is 24.7. The topological polar surface area (TPSA) is 102 Å². The molecule has 0 heterocycles. The lowest BCUT2D eigenvalue weighted by Crippen LogP contribution is -2.55. The molecule has 0 spiro atoms. The maximum absolute atomic E-state index is 12.8. The van der Waals surface area contributed by atoms with Crippen molar-refractivity contribution in [1.29, 1.82) is 0 Å². The van der Waals surface area contributed by atoms with Crippen LogP contribution in [-0.2, 0) is 28.6 Å². The second-order valence-electron chi connectivity index (χ2n) is 17.7. The average molecular weight is 844 g/mol. The molecule has 60 heavy (non-hydrogen) atoms. The van der Waals surface area contributed by atoms with Crippen LogP contribution < -0.4 is 5.11 Å². The lowest BCUT2D eigenvalue weighted by molar-refractivity contribution is -0.889. The molecule has 0 aliphatic carbocycles. The molecule has 0 aromatic heterocycles. The molecule has 348 valence electrons. The summed E-state index contributed by atoms with van der Waals surface area (Å²) in [5.41, 5.74) is 0. The number of esters is 2. The zero-order valence-corrected chi connectivity index (χ0v) is 39.6. The van der Waals surface area contributed by atoms with Gasteiger partial charge in [0.05, 0.1) is 40.3 Å². The van der Waals surface area contributed by atoms with Gasteiger partial charge in [-0.05, 0) is 70.6 Å². The summed E-state index contributed by atoms with van der Waals surface area (Å²) in [5.74, 6) is -1.74. The molecule has 0 saturated carbocycles. The Hall–Kier alpha value is -2.71. The first-order valence-corrected chi connectivity index (χ1v) is 24.7. The van der Waals surface area contributed by atoms with Crippen molar-refractivity contribution >= 4 is 17.9 Å². The van der Waals surface area contributed by atoms with Crippen LogP contribution >= 0.6 is 0 Å². The monoisotopic (exact) mass is 844 g/mol. The molecule has 0 aliphatic rings. The van der Waals surface area contributed by atoms with E-state index < -0.39 is 18.1 Å². The molecule has 0 saturated heterocycles. The lowest BCUT2D eigenvalue weighted by Gasteiger charge is -2.34. The molecule has 8 nitrogen and oxygen atoms in total. The van der Waals surface area contributed by atoms with Crippen molar-refractivity contribution in [2.45, 2.75) is 225 Å². The van der Waals surface area contributed by atoms with Crippen LogP contribution in [-0.4, -0.2) is 75.5 Å². The van der Waals surface area contributed by atoms with E-state index in [1.54, 1.807) is 21.1 Å². The normalized spacial score (nSPS) is 13.3. The van der Waals surface area contributed by atoms with Gasteiger partial charge in [0.2, 0.25) is 0 Å². The molecule has 0 radical (unpaired) electrons. The number of carboxylic acid groups (broad SMARTS) is 1. The summed E-state index contributed by atoms with van der Waals surface area (Å²) in [4.78, 5) is 37.0. The Kier molecular flexibility index (Phi) is 41.0. The summed E-state index contributed by atoms with van der Waals surface area (Å²) in [6.07, 6.45) is 51.3. The van der Waals surface area contributed by atoms with Crippen molar-refractivity contribution in [2.75, 3.05) is 41.0 Å². The van der Waals surface area contributed by atoms with Crippen LogP contribution in [0.2, 0.25) is 0 Å². The Balaban J connectivity index is 4.28. The van der Waals surface area contributed by atoms with Gasteiger partial charge in [-0.25, -0.2) is 0 Å². The summed E-state index contributed by atoms with van der Waals surface area (Å²) in [6.45, 7) is 4.61. The van der Waals surface area contributed by atoms with E-state index in [1.807, 2.05) is 0 Å². The highest BCUT2D eigenvalue weighted by Crippen LogP contribution is 2.15. The maximum Gasteiger partial charge on any atom is 0.306 e. The molecule has 0 N–H and O–H groups in total. The highest BCUT2D eigenvalue weighted by atomic mass is 16.6. The number of hydrogen-bond donors (Lipinski definition) is 0. The molecule has 2 atom stereocenters. The van der Waals surface area contributed by atoms with E-state index in [9.17, 15) is 19.5 Å². The minimum Gasteiger partial charge on any atom is -0.544 e. The summed E-state index contributed by atoms with van der Waals surface area (Å²) < 4.78 is 17.2. The van der Waals surface area contributed by atoms with E-state index in [4.69, 9.17) is 14.2 Å². The smallest absolute Gasteiger partial charge is 0.306 e. The minimum atomic E-state index is -1.13. The second kappa shape index (κ2) is 43.0. The van der Waals surface area contributed by atoms with Gasteiger partial charge >= 0.3 is 11.9 Å². The molecule has 0 aromatic carbocycles. The van der Waals surface area contributed by atoms with Gasteiger partial charge in [-0.1, -0.05) is 172 Å². The molecule has 0 aliphatic heterocycles. The van der Waals surface area contributed by atoms with Gasteiger partial charge in [0.25, 0.3) is 0 Å². The van der Waals surface area contributed by atoms with Gasteiger partial charge in [-0.3, -0.25) is 9.59 Å². The number of carbonyl (C=O) groups excluding carboxylic acids is 3. The number of allylic oxidation sites excluding steroid dienone is 8. The number of likely N-dealkylation sites (N-methyl/N-ethyl adjacent to an activating group) is 1. The fraction of sp³-hybridized carbons (Fsp3) is 0.788. The van der Waals surface area contributed by atoms with Crippen LogP contribution in [0, 0.1) is 0 Å². The second-order valence-corrected chi connectivity index (χ2v) is 17.7. The van der Waals surface area contributed by atoms with E-state index >= 15 is 0 Å². The van der Waals surface area contributed by atoms with Crippen molar-refractivity contribution in [3.05, 3.63) is 48.6 Å². The molecule has 2 unspecified atom stereocenters. The minimum absolute atomic E-state index is 0.0365. The third kappa shape index (κ3) is 40.7. The van der Waals surface area contributed by atoms with Gasteiger partial charge in [-0.15, -0.1) is 0 Å². The number of nitrogens with zero attached hydrogens (tertiary/aromatic N) is 1. The van der Waals surface area contributed by atoms with Gasteiger partial charge in [-0.2, -0.15) is 0 Å². The number of unbranched alkanes of at least 4 members (excludes halogenated alkanes) is 23. The Bertz CT molecular complexity index is 1120. The number of quaternary nitrogens is 1. The van der Waals surface area contributed by atoms with Crippen LogP contribution in [0.1, 0.15) is 213 Å². The summed E-state index contributed by atoms with van der Waals surface area (Å²) in [7, 11) is 5.41. The highest BCUT2D eigenvalue weighted by Gasteiger charge is 2.25. The van der Waals surface area contributed by atoms with Crippen molar-refractivity contribution < 1.29 is 38.2 Å². The molecule has 0 amide bonds. The molecular formula is C52H93NO7. The number of aliphatic carboxylic acids is 1. The Labute approximate surface area is 369 Å². The average Bonchev–Trinajstić information content (AvgIpc) is 3.21. The zero-order valence-electron chi connectivity index (χ0n) is 39.6. The van der Waals surface area contributed by atoms with Crippen LogP contribution in [0.5, 0.6) is 0 Å². The maximum atomic E-state index is 12.8. The lowest BCUT2D eigenvalue weighted by atomic mass is 10.1. The Morgan fingerprint density at radius 1 is 0.517 bits per heavy atom. The van der Waals surface area contributed by atoms with E-state index in [0.29, 0.717) is 12.8 Å². The van der Waals surface area contributed by atoms with Gasteiger partial charge < -0.3 is 28.6 Å². The molecule has 8 heteroatoms. The predicted octanol–water partition coefficient (Wildman–Crippen LogP) is 12.6. The van der Waals surface area contributed by atoms with Crippen LogP contribution in [0.3, 0.4) is 0 Å². The molecule has 0 fully saturated rings. The van der Waals surface area contributed by atoms with E-state index in [1.165, 1.54) is 128 Å². The SMILES string of the molecule is CCCCC/C=C/C=C/CCCCCCCCCCCCC(=O)OCC(COCCC(C(=O)[O-])[N+](C)(C)C)OC(=O)CCCCCCCCC/C=C/C/C=C/CCCCC. The number of carboxylic acids is 1. The molecular weight excluding hydrogens is 751 g/mol. The van der Waals surface area contributed by atoms with E-state index in [-0.39, 0.29) is 42.7 Å². The van der Waals surface area contributed by atoms with Crippen molar-refractivity contribution in [1.82, 2.24) is 0 Å². The highest BCUT2D eigenvalue weighted by molar-refractivity contribution is 5.70. The van der Waals surface area contributed by atoms with E-state index in [0.717, 1.165) is 51.4 Å². The first kappa shape index (κ1) is 57.3. The summed E-state index contributed by atoms with van der Waals surface area (Å²) >= 11 is 0. The Morgan fingerprint density at radius 3 is 1.38 bits per heavy atom. The largest absolute Gasteiger partial charge is 0.544 e. The number of hydrogen-bond acceptors (Lipinski definition) is 7. The van der Waals surface area contributed by atoms with Gasteiger partial charge in [0.15, 0.2) is 6.10 Å². The number of ether oxygens (including phenoxy) is 3. The summed E-state index contributed by atoms with van der Waals surface area (Å²) in [5, 5.41) is 11.6. The Morgan fingerprint density at radius 2 is 0.933 bits per heavy atom. The third-order valence-corrected chi connectivity index (χ3v) is 11.0. The standard InChI is InChI=1S/C52H93NO7/c1-6-8-10-12-14-16-18-20-22-24-25-27-28-30-32-34-36-38-40-42-50(54)59-47-48(46-58-45-44-49(52(56)57)53(3,4)5)60-51(55)43-41-39-37-35-33-31-29-26-23-21-19-17-15-13-11-9-7-2/h14-18,20-21,23,48-49H,6-13,19,22,24-47H2,1-5H3/b16-14+,17-15+,20-18+,23-21+. The van der Waals surface area contributed by atoms with Crippen molar-refractivity contribution in [3.8, 4) is 0 Å².